The van der Waals surface area contributed by atoms with E-state index in [1.54, 1.807) is 6.92 Å². The van der Waals surface area contributed by atoms with Crippen LogP contribution < -0.4 is 5.73 Å². The van der Waals surface area contributed by atoms with Crippen molar-refractivity contribution in [3.63, 3.8) is 0 Å². The van der Waals surface area contributed by atoms with Crippen molar-refractivity contribution >= 4 is 5.97 Å². The molecule has 3 heteroatoms. The molecule has 0 heterocycles. The summed E-state index contributed by atoms with van der Waals surface area (Å²) in [6.45, 7) is 5.55. The van der Waals surface area contributed by atoms with Crippen molar-refractivity contribution in [1.82, 2.24) is 0 Å². The van der Waals surface area contributed by atoms with Gasteiger partial charge in [-0.25, -0.2) is 0 Å². The van der Waals surface area contributed by atoms with Crippen LogP contribution in [0.4, 0.5) is 0 Å². The minimum atomic E-state index is -0.564. The molecule has 1 rings (SSSR count). The maximum atomic E-state index is 11.3. The molecular formula is C13H19NO2. The summed E-state index contributed by atoms with van der Waals surface area (Å²) in [5.41, 5.74) is 6.61. The first-order valence-corrected chi connectivity index (χ1v) is 5.53. The van der Waals surface area contributed by atoms with Gasteiger partial charge in [-0.15, -0.1) is 0 Å². The lowest BCUT2D eigenvalue weighted by Gasteiger charge is -2.21. The van der Waals surface area contributed by atoms with Gasteiger partial charge in [0.05, 0.1) is 0 Å². The second kappa shape index (κ2) is 5.66. The van der Waals surface area contributed by atoms with Crippen LogP contribution in [-0.2, 0) is 9.53 Å². The van der Waals surface area contributed by atoms with Gasteiger partial charge in [0.25, 0.3) is 0 Å². The van der Waals surface area contributed by atoms with Crippen LogP contribution in [0.15, 0.2) is 30.3 Å². The topological polar surface area (TPSA) is 52.3 Å². The van der Waals surface area contributed by atoms with E-state index in [4.69, 9.17) is 10.5 Å². The van der Waals surface area contributed by atoms with Crippen LogP contribution >= 0.6 is 0 Å². The molecule has 2 N–H and O–H groups in total. The fraction of sp³-hybridized carbons (Fsp3) is 0.462. The third-order valence-electron chi connectivity index (χ3n) is 2.70. The highest BCUT2D eigenvalue weighted by Crippen LogP contribution is 2.21. The van der Waals surface area contributed by atoms with E-state index in [2.05, 4.69) is 0 Å². The summed E-state index contributed by atoms with van der Waals surface area (Å²) in [5.74, 6) is -0.181. The second-order valence-corrected chi connectivity index (χ2v) is 4.13. The van der Waals surface area contributed by atoms with Crippen LogP contribution in [0.3, 0.4) is 0 Å². The van der Waals surface area contributed by atoms with Gasteiger partial charge < -0.3 is 10.5 Å². The Labute approximate surface area is 96.6 Å². The lowest BCUT2D eigenvalue weighted by atomic mass is 9.96. The van der Waals surface area contributed by atoms with E-state index in [1.165, 1.54) is 0 Å². The fourth-order valence-corrected chi connectivity index (χ4v) is 1.42. The van der Waals surface area contributed by atoms with E-state index in [1.807, 2.05) is 44.2 Å². The van der Waals surface area contributed by atoms with Gasteiger partial charge in [0, 0.05) is 5.92 Å². The Bertz CT molecular complexity index is 335. The Balaban J connectivity index is 2.61. The van der Waals surface area contributed by atoms with Crippen molar-refractivity contribution in [2.24, 2.45) is 5.73 Å². The summed E-state index contributed by atoms with van der Waals surface area (Å²) < 4.78 is 5.26. The van der Waals surface area contributed by atoms with Crippen molar-refractivity contribution < 1.29 is 9.53 Å². The first kappa shape index (κ1) is 12.7. The van der Waals surface area contributed by atoms with Crippen molar-refractivity contribution in [2.75, 3.05) is 0 Å². The van der Waals surface area contributed by atoms with Crippen LogP contribution in [0.5, 0.6) is 0 Å². The molecule has 88 valence electrons. The average molecular weight is 221 g/mol. The molecule has 3 atom stereocenters. The molecular weight excluding hydrogens is 202 g/mol. The Morgan fingerprint density at radius 1 is 1.19 bits per heavy atom. The zero-order valence-corrected chi connectivity index (χ0v) is 10.0. The van der Waals surface area contributed by atoms with E-state index in [0.717, 1.165) is 5.56 Å². The zero-order valence-electron chi connectivity index (χ0n) is 10.0. The van der Waals surface area contributed by atoms with E-state index >= 15 is 0 Å². The van der Waals surface area contributed by atoms with Gasteiger partial charge in [-0.3, -0.25) is 4.79 Å². The molecule has 0 fully saturated rings. The highest BCUT2D eigenvalue weighted by atomic mass is 16.5. The number of benzene rings is 1. The summed E-state index contributed by atoms with van der Waals surface area (Å²) in [6.07, 6.45) is -0.166. The van der Waals surface area contributed by atoms with Crippen LogP contribution in [0.25, 0.3) is 0 Å². The molecule has 0 amide bonds. The molecule has 1 aromatic rings. The largest absolute Gasteiger partial charge is 0.461 e. The number of carbonyl (C=O) groups is 1. The minimum Gasteiger partial charge on any atom is -0.461 e. The van der Waals surface area contributed by atoms with Gasteiger partial charge in [0.15, 0.2) is 0 Å². The van der Waals surface area contributed by atoms with Gasteiger partial charge in [-0.1, -0.05) is 37.3 Å². The maximum absolute atomic E-state index is 11.3. The molecule has 0 aromatic heterocycles. The van der Waals surface area contributed by atoms with Crippen LogP contribution in [0, 0.1) is 0 Å². The molecule has 0 saturated heterocycles. The summed E-state index contributed by atoms with van der Waals surface area (Å²) in [5, 5.41) is 0. The minimum absolute atomic E-state index is 0.166. The van der Waals surface area contributed by atoms with Crippen LogP contribution in [-0.4, -0.2) is 18.1 Å². The van der Waals surface area contributed by atoms with Gasteiger partial charge in [-0.2, -0.15) is 0 Å². The number of hydrogen-bond donors (Lipinski definition) is 1. The number of ether oxygens (including phenoxy) is 1. The molecule has 0 radical (unpaired) electrons. The number of carbonyl (C=O) groups excluding carboxylic acids is 1. The van der Waals surface area contributed by atoms with E-state index < -0.39 is 6.04 Å². The fourth-order valence-electron chi connectivity index (χ4n) is 1.42. The quantitative estimate of drug-likeness (QED) is 0.792. The van der Waals surface area contributed by atoms with E-state index in [-0.39, 0.29) is 18.0 Å². The molecule has 0 saturated carbocycles. The SMILES string of the molecule is C[C@H](N)C(=O)O[C@@H](C)[C@@H](C)c1ccccc1. The molecule has 16 heavy (non-hydrogen) atoms. The molecule has 1 aromatic carbocycles. The number of rotatable bonds is 4. The third kappa shape index (κ3) is 3.35. The monoisotopic (exact) mass is 221 g/mol. The lowest BCUT2D eigenvalue weighted by molar-refractivity contribution is -0.150. The van der Waals surface area contributed by atoms with Gasteiger partial charge >= 0.3 is 5.97 Å². The molecule has 0 aliphatic rings. The van der Waals surface area contributed by atoms with Crippen molar-refractivity contribution in [2.45, 2.75) is 38.8 Å². The van der Waals surface area contributed by atoms with Crippen molar-refractivity contribution in [1.29, 1.82) is 0 Å². The molecule has 3 nitrogen and oxygen atoms in total. The van der Waals surface area contributed by atoms with E-state index in [9.17, 15) is 4.79 Å². The molecule has 0 aliphatic carbocycles. The normalized spacial score (nSPS) is 16.2. The second-order valence-electron chi connectivity index (χ2n) is 4.13. The first-order chi connectivity index (χ1) is 7.52. The molecule has 0 aliphatic heterocycles. The lowest BCUT2D eigenvalue weighted by Crippen LogP contribution is -2.33. The van der Waals surface area contributed by atoms with Crippen LogP contribution in [0.1, 0.15) is 32.3 Å². The Hall–Kier alpha value is -1.35. The highest BCUT2D eigenvalue weighted by molar-refractivity contribution is 5.75. The first-order valence-electron chi connectivity index (χ1n) is 5.53. The summed E-state index contributed by atoms with van der Waals surface area (Å²) in [6, 6.07) is 9.42. The highest BCUT2D eigenvalue weighted by Gasteiger charge is 2.19. The van der Waals surface area contributed by atoms with E-state index in [0.29, 0.717) is 0 Å². The van der Waals surface area contributed by atoms with Gasteiger partial charge in [-0.05, 0) is 19.4 Å². The number of nitrogens with two attached hydrogens (primary N) is 1. The summed E-state index contributed by atoms with van der Waals surface area (Å²) >= 11 is 0. The van der Waals surface area contributed by atoms with Gasteiger partial charge in [0.1, 0.15) is 12.1 Å². The van der Waals surface area contributed by atoms with Crippen molar-refractivity contribution in [3.05, 3.63) is 35.9 Å². The van der Waals surface area contributed by atoms with Gasteiger partial charge in [0.2, 0.25) is 0 Å². The smallest absolute Gasteiger partial charge is 0.322 e. The Kier molecular flexibility index (Phi) is 4.50. The predicted octanol–water partition coefficient (Wildman–Crippen LogP) is 2.07. The third-order valence-corrected chi connectivity index (χ3v) is 2.70. The summed E-state index contributed by atoms with van der Waals surface area (Å²) in [4.78, 5) is 11.3. The predicted molar refractivity (Wildman–Crippen MR) is 64.1 cm³/mol. The number of esters is 1. The molecule has 0 bridgehead atoms. The maximum Gasteiger partial charge on any atom is 0.322 e. The Morgan fingerprint density at radius 2 is 1.75 bits per heavy atom. The van der Waals surface area contributed by atoms with Crippen LogP contribution in [0.2, 0.25) is 0 Å². The number of hydrogen-bond acceptors (Lipinski definition) is 3. The Morgan fingerprint density at radius 3 is 2.25 bits per heavy atom. The van der Waals surface area contributed by atoms with Crippen molar-refractivity contribution in [3.8, 4) is 0 Å². The molecule has 0 spiro atoms. The summed E-state index contributed by atoms with van der Waals surface area (Å²) in [7, 11) is 0. The zero-order chi connectivity index (χ0) is 12.1. The molecule has 0 unspecified atom stereocenters. The average Bonchev–Trinajstić information content (AvgIpc) is 2.28. The standard InChI is InChI=1S/C13H19NO2/c1-9(12-7-5-4-6-8-12)11(3)16-13(15)10(2)14/h4-11H,14H2,1-3H3/t9-,10+,11+/m1/s1.